The van der Waals surface area contributed by atoms with Crippen molar-refractivity contribution in [3.05, 3.63) is 33.4 Å². The number of carbonyl (C=O) groups excluding carboxylic acids is 1. The highest BCUT2D eigenvalue weighted by Gasteiger charge is 2.19. The van der Waals surface area contributed by atoms with Crippen LogP contribution in [0, 0.1) is 3.57 Å². The molecule has 3 nitrogen and oxygen atoms in total. The molecule has 1 fully saturated rings. The molecule has 1 aromatic rings. The molecule has 1 saturated heterocycles. The van der Waals surface area contributed by atoms with Gasteiger partial charge in [-0.3, -0.25) is 4.79 Å². The Kier molecular flexibility index (Phi) is 6.96. The van der Waals surface area contributed by atoms with Gasteiger partial charge in [-0.2, -0.15) is 0 Å². The van der Waals surface area contributed by atoms with E-state index in [1.54, 1.807) is 0 Å². The number of carbonyl (C=O) groups is 1. The summed E-state index contributed by atoms with van der Waals surface area (Å²) in [4.78, 5) is 14.6. The predicted octanol–water partition coefficient (Wildman–Crippen LogP) is 3.68. The molecule has 116 valence electrons. The summed E-state index contributed by atoms with van der Waals surface area (Å²) in [6.45, 7) is 5.37. The highest BCUT2D eigenvalue weighted by Crippen LogP contribution is 2.19. The lowest BCUT2D eigenvalue weighted by atomic mass is 10.00. The minimum Gasteiger partial charge on any atom is -0.352 e. The third-order valence-corrected chi connectivity index (χ3v) is 4.95. The smallest absolute Gasteiger partial charge is 0.251 e. The van der Waals surface area contributed by atoms with Crippen LogP contribution in [0.4, 0.5) is 0 Å². The van der Waals surface area contributed by atoms with Gasteiger partial charge in [0.05, 0.1) is 0 Å². The first-order valence-electron chi connectivity index (χ1n) is 7.98. The van der Waals surface area contributed by atoms with Gasteiger partial charge in [0, 0.05) is 28.3 Å². The van der Waals surface area contributed by atoms with Crippen molar-refractivity contribution in [1.29, 1.82) is 0 Å². The summed E-state index contributed by atoms with van der Waals surface area (Å²) >= 11 is 2.25. The number of rotatable bonds is 6. The quantitative estimate of drug-likeness (QED) is 0.584. The van der Waals surface area contributed by atoms with Crippen molar-refractivity contribution in [2.75, 3.05) is 19.6 Å². The number of hydrogen-bond donors (Lipinski definition) is 1. The second-order valence-electron chi connectivity index (χ2n) is 5.71. The highest BCUT2D eigenvalue weighted by atomic mass is 127. The Balaban J connectivity index is 1.69. The van der Waals surface area contributed by atoms with Gasteiger partial charge in [0.15, 0.2) is 0 Å². The fourth-order valence-corrected chi connectivity index (χ4v) is 3.36. The zero-order valence-electron chi connectivity index (χ0n) is 12.8. The van der Waals surface area contributed by atoms with Crippen LogP contribution >= 0.6 is 22.6 Å². The predicted molar refractivity (Wildman–Crippen MR) is 95.6 cm³/mol. The molecule has 0 spiro atoms. The molecule has 1 aliphatic rings. The van der Waals surface area contributed by atoms with Crippen LogP contribution in [-0.4, -0.2) is 36.5 Å². The van der Waals surface area contributed by atoms with Crippen LogP contribution in [0.1, 0.15) is 49.4 Å². The van der Waals surface area contributed by atoms with Crippen molar-refractivity contribution in [1.82, 2.24) is 10.2 Å². The molecule has 0 saturated carbocycles. The van der Waals surface area contributed by atoms with Crippen molar-refractivity contribution >= 4 is 28.5 Å². The molecule has 0 aromatic heterocycles. The molecule has 1 aromatic carbocycles. The molecule has 21 heavy (non-hydrogen) atoms. The summed E-state index contributed by atoms with van der Waals surface area (Å²) in [6.07, 6.45) is 6.32. The number of amides is 1. The van der Waals surface area contributed by atoms with E-state index in [1.165, 1.54) is 32.2 Å². The number of benzene rings is 1. The SMILES string of the molecule is CC[C@H]1CCCCN1CCCNC(=O)c1ccc(I)cc1. The van der Waals surface area contributed by atoms with Crippen molar-refractivity contribution in [3.63, 3.8) is 0 Å². The fraction of sp³-hybridized carbons (Fsp3) is 0.588. The zero-order valence-corrected chi connectivity index (χ0v) is 14.9. The van der Waals surface area contributed by atoms with Crippen LogP contribution < -0.4 is 5.32 Å². The van der Waals surface area contributed by atoms with E-state index >= 15 is 0 Å². The van der Waals surface area contributed by atoms with E-state index < -0.39 is 0 Å². The molecule has 1 aliphatic heterocycles. The first-order valence-corrected chi connectivity index (χ1v) is 9.06. The van der Waals surface area contributed by atoms with E-state index in [0.29, 0.717) is 0 Å². The monoisotopic (exact) mass is 400 g/mol. The van der Waals surface area contributed by atoms with Gasteiger partial charge in [0.25, 0.3) is 5.91 Å². The lowest BCUT2D eigenvalue weighted by Crippen LogP contribution is -2.40. The second kappa shape index (κ2) is 8.73. The molecule has 1 atom stereocenters. The van der Waals surface area contributed by atoms with E-state index in [9.17, 15) is 4.79 Å². The van der Waals surface area contributed by atoms with Gasteiger partial charge in [0.2, 0.25) is 0 Å². The summed E-state index contributed by atoms with van der Waals surface area (Å²) < 4.78 is 1.15. The third-order valence-electron chi connectivity index (χ3n) is 4.23. The molecule has 0 aliphatic carbocycles. The first kappa shape index (κ1) is 16.7. The van der Waals surface area contributed by atoms with Crippen LogP contribution in [0.2, 0.25) is 0 Å². The summed E-state index contributed by atoms with van der Waals surface area (Å²) in [5.41, 5.74) is 0.750. The molecule has 1 amide bonds. The fourth-order valence-electron chi connectivity index (χ4n) is 3.00. The summed E-state index contributed by atoms with van der Waals surface area (Å²) in [6, 6.07) is 8.46. The van der Waals surface area contributed by atoms with Gasteiger partial charge < -0.3 is 10.2 Å². The van der Waals surface area contributed by atoms with Gasteiger partial charge in [-0.25, -0.2) is 0 Å². The minimum atomic E-state index is 0.0390. The molecule has 4 heteroatoms. The van der Waals surface area contributed by atoms with E-state index in [1.807, 2.05) is 24.3 Å². The molecule has 0 unspecified atom stereocenters. The van der Waals surface area contributed by atoms with Crippen molar-refractivity contribution in [3.8, 4) is 0 Å². The van der Waals surface area contributed by atoms with Crippen LogP contribution in [0.15, 0.2) is 24.3 Å². The molecule has 0 radical (unpaired) electrons. The Bertz CT molecular complexity index is 447. The van der Waals surface area contributed by atoms with Gasteiger partial charge >= 0.3 is 0 Å². The number of hydrogen-bond acceptors (Lipinski definition) is 2. The Hall–Kier alpha value is -0.620. The van der Waals surface area contributed by atoms with Crippen molar-refractivity contribution in [2.45, 2.75) is 45.1 Å². The van der Waals surface area contributed by atoms with E-state index in [-0.39, 0.29) is 5.91 Å². The number of nitrogens with zero attached hydrogens (tertiary/aromatic N) is 1. The first-order chi connectivity index (χ1) is 10.2. The van der Waals surface area contributed by atoms with Gasteiger partial charge in [-0.05, 0) is 79.1 Å². The highest BCUT2D eigenvalue weighted by molar-refractivity contribution is 14.1. The van der Waals surface area contributed by atoms with Gasteiger partial charge in [0.1, 0.15) is 0 Å². The standard InChI is InChI=1S/C17H25IN2O/c1-2-16-6-3-4-12-20(16)13-5-11-19-17(21)14-7-9-15(18)10-8-14/h7-10,16H,2-6,11-13H2,1H3,(H,19,21)/t16-/m0/s1. The molecule has 1 N–H and O–H groups in total. The lowest BCUT2D eigenvalue weighted by Gasteiger charge is -2.35. The topological polar surface area (TPSA) is 32.3 Å². The number of halogens is 1. The summed E-state index contributed by atoms with van der Waals surface area (Å²) in [5.74, 6) is 0.0390. The molecule has 0 bridgehead atoms. The van der Waals surface area contributed by atoms with Crippen LogP contribution in [0.5, 0.6) is 0 Å². The Morgan fingerprint density at radius 2 is 2.10 bits per heavy atom. The van der Waals surface area contributed by atoms with E-state index in [2.05, 4.69) is 39.7 Å². The summed E-state index contributed by atoms with van der Waals surface area (Å²) in [7, 11) is 0. The molecular weight excluding hydrogens is 375 g/mol. The Morgan fingerprint density at radius 1 is 1.33 bits per heavy atom. The molecule has 1 heterocycles. The lowest BCUT2D eigenvalue weighted by molar-refractivity contribution is 0.0947. The maximum absolute atomic E-state index is 12.0. The van der Waals surface area contributed by atoms with E-state index in [4.69, 9.17) is 0 Å². The van der Waals surface area contributed by atoms with Gasteiger partial charge in [-0.1, -0.05) is 13.3 Å². The normalized spacial score (nSPS) is 19.4. The average Bonchev–Trinajstić information content (AvgIpc) is 2.52. The maximum atomic E-state index is 12.0. The largest absolute Gasteiger partial charge is 0.352 e. The third kappa shape index (κ3) is 5.25. The molecular formula is C17H25IN2O. The number of likely N-dealkylation sites (tertiary alicyclic amines) is 1. The summed E-state index contributed by atoms with van der Waals surface area (Å²) in [5, 5.41) is 3.02. The van der Waals surface area contributed by atoms with Gasteiger partial charge in [-0.15, -0.1) is 0 Å². The average molecular weight is 400 g/mol. The Morgan fingerprint density at radius 3 is 2.81 bits per heavy atom. The number of piperidine rings is 1. The maximum Gasteiger partial charge on any atom is 0.251 e. The number of nitrogens with one attached hydrogen (secondary N) is 1. The molecule has 2 rings (SSSR count). The second-order valence-corrected chi connectivity index (χ2v) is 6.96. The van der Waals surface area contributed by atoms with Crippen LogP contribution in [-0.2, 0) is 0 Å². The minimum absolute atomic E-state index is 0.0390. The van der Waals surface area contributed by atoms with E-state index in [0.717, 1.165) is 34.7 Å². The Labute approximate surface area is 141 Å². The van der Waals surface area contributed by atoms with Crippen LogP contribution in [0.25, 0.3) is 0 Å². The van der Waals surface area contributed by atoms with Crippen molar-refractivity contribution < 1.29 is 4.79 Å². The van der Waals surface area contributed by atoms with Crippen molar-refractivity contribution in [2.24, 2.45) is 0 Å². The zero-order chi connectivity index (χ0) is 15.1. The van der Waals surface area contributed by atoms with Crippen LogP contribution in [0.3, 0.4) is 0 Å².